The molecule has 45 heavy (non-hydrogen) atoms. The molecule has 3 aliphatic heterocycles. The predicted octanol–water partition coefficient (Wildman–Crippen LogP) is 6.31. The first kappa shape index (κ1) is 29.9. The van der Waals surface area contributed by atoms with Gasteiger partial charge in [0.2, 0.25) is 5.79 Å². The summed E-state index contributed by atoms with van der Waals surface area (Å²) < 4.78 is 41.3. The van der Waals surface area contributed by atoms with Gasteiger partial charge in [0, 0.05) is 19.1 Å². The molecule has 9 nitrogen and oxygen atoms in total. The second-order valence-electron chi connectivity index (χ2n) is 12.0. The van der Waals surface area contributed by atoms with Crippen molar-refractivity contribution >= 4 is 27.7 Å². The number of nitrogens with zero attached hydrogens (tertiary/aromatic N) is 4. The molecule has 5 heterocycles. The number of hydrogen-bond acceptors (Lipinski definition) is 9. The summed E-state index contributed by atoms with van der Waals surface area (Å²) in [6.45, 7) is 7.76. The van der Waals surface area contributed by atoms with Crippen LogP contribution in [0.25, 0.3) is 10.3 Å². The van der Waals surface area contributed by atoms with Gasteiger partial charge < -0.3 is 23.5 Å². The van der Waals surface area contributed by atoms with Gasteiger partial charge in [0.05, 0.1) is 54.6 Å². The Hall–Kier alpha value is -3.82. The number of thiophene rings is 1. The van der Waals surface area contributed by atoms with Crippen LogP contribution in [0.2, 0.25) is 0 Å². The molecule has 0 N–H and O–H groups in total. The summed E-state index contributed by atoms with van der Waals surface area (Å²) in [6, 6.07) is 16.1. The van der Waals surface area contributed by atoms with Crippen molar-refractivity contribution < 1.29 is 28.1 Å². The Morgan fingerprint density at radius 3 is 2.71 bits per heavy atom. The first-order valence-electron chi connectivity index (χ1n) is 15.5. The van der Waals surface area contributed by atoms with Crippen LogP contribution in [0.3, 0.4) is 0 Å². The van der Waals surface area contributed by atoms with Gasteiger partial charge in [0.1, 0.15) is 27.1 Å². The largest absolute Gasteiger partial charge is 0.462 e. The van der Waals surface area contributed by atoms with Crippen LogP contribution < -0.4 is 4.74 Å². The van der Waals surface area contributed by atoms with Crippen molar-refractivity contribution in [3.05, 3.63) is 81.7 Å². The lowest BCUT2D eigenvalue weighted by atomic mass is 9.85. The number of esters is 1. The van der Waals surface area contributed by atoms with E-state index in [4.69, 9.17) is 23.9 Å². The summed E-state index contributed by atoms with van der Waals surface area (Å²) in [4.78, 5) is 21.2. The molecule has 234 valence electrons. The highest BCUT2D eigenvalue weighted by molar-refractivity contribution is 7.20. The van der Waals surface area contributed by atoms with Gasteiger partial charge >= 0.3 is 5.97 Å². The third kappa shape index (κ3) is 5.72. The Bertz CT molecular complexity index is 1770. The fourth-order valence-electron chi connectivity index (χ4n) is 6.60. The molecule has 2 aromatic heterocycles. The van der Waals surface area contributed by atoms with Gasteiger partial charge in [-0.3, -0.25) is 4.90 Å². The van der Waals surface area contributed by atoms with Gasteiger partial charge in [-0.15, -0.1) is 11.3 Å². The van der Waals surface area contributed by atoms with E-state index in [9.17, 15) is 10.1 Å². The van der Waals surface area contributed by atoms with Crippen LogP contribution in [-0.2, 0) is 33.1 Å². The van der Waals surface area contributed by atoms with Crippen LogP contribution in [0.1, 0.15) is 71.4 Å². The number of nitriles is 1. The molecule has 3 aliphatic rings. The summed E-state index contributed by atoms with van der Waals surface area (Å²) in [7, 11) is 0. The lowest BCUT2D eigenvalue weighted by molar-refractivity contribution is -0.243. The van der Waals surface area contributed by atoms with Crippen LogP contribution >= 0.6 is 11.3 Å². The van der Waals surface area contributed by atoms with E-state index in [1.165, 1.54) is 17.4 Å². The highest BCUT2D eigenvalue weighted by Crippen LogP contribution is 2.49. The summed E-state index contributed by atoms with van der Waals surface area (Å²) in [5, 5.41) is 9.22. The number of carbonyl (C=O) groups is 1. The third-order valence-electron chi connectivity index (χ3n) is 9.08. The Balaban J connectivity index is 1.09. The van der Waals surface area contributed by atoms with Crippen LogP contribution in [0, 0.1) is 23.1 Å². The molecule has 2 fully saturated rings. The molecule has 4 aromatic rings. The maximum atomic E-state index is 15.2. The zero-order valence-corrected chi connectivity index (χ0v) is 26.1. The quantitative estimate of drug-likeness (QED) is 0.209. The van der Waals surface area contributed by atoms with E-state index in [-0.39, 0.29) is 35.2 Å². The van der Waals surface area contributed by atoms with Crippen LogP contribution in [-0.4, -0.2) is 52.8 Å². The molecule has 0 amide bonds. The molecule has 2 aromatic carbocycles. The number of benzene rings is 2. The van der Waals surface area contributed by atoms with Crippen molar-refractivity contribution in [3.8, 4) is 11.8 Å². The summed E-state index contributed by atoms with van der Waals surface area (Å²) in [5.74, 6) is -0.323. The summed E-state index contributed by atoms with van der Waals surface area (Å²) >= 11 is 1.37. The molecule has 3 atom stereocenters. The SMILES string of the molecule is CCOC(=O)c1cc2c(nc(CN3CCC(C4O[C@](C)(c5ccc(C#N)cc5F)Oc5ccccc54)CC3)n2C[C@@H]2CCO2)s1. The molecule has 0 aliphatic carbocycles. The molecule has 1 unspecified atom stereocenters. The second-order valence-corrected chi connectivity index (χ2v) is 13.0. The highest BCUT2D eigenvalue weighted by Gasteiger charge is 2.44. The highest BCUT2D eigenvalue weighted by atomic mass is 32.1. The lowest BCUT2D eigenvalue weighted by Crippen LogP contribution is -2.43. The summed E-state index contributed by atoms with van der Waals surface area (Å²) in [5.41, 5.74) is 2.44. The van der Waals surface area contributed by atoms with Crippen molar-refractivity contribution in [2.75, 3.05) is 26.3 Å². The number of aromatic nitrogens is 2. The van der Waals surface area contributed by atoms with Crippen LogP contribution in [0.15, 0.2) is 48.5 Å². The fraction of sp³-hybridized carbons (Fsp3) is 0.441. The van der Waals surface area contributed by atoms with E-state index in [1.54, 1.807) is 26.0 Å². The van der Waals surface area contributed by atoms with Crippen LogP contribution in [0.5, 0.6) is 5.75 Å². The fourth-order valence-corrected chi connectivity index (χ4v) is 7.55. The number of carbonyl (C=O) groups excluding carboxylic acids is 1. The molecule has 7 rings (SSSR count). The van der Waals surface area contributed by atoms with Gasteiger partial charge in [-0.05, 0) is 75.5 Å². The van der Waals surface area contributed by atoms with Crippen molar-refractivity contribution in [1.82, 2.24) is 14.5 Å². The standard InChI is InChI=1S/C34H35FN4O5S/c1-3-41-33(40)29-17-27-32(45-29)37-30(39(27)19-23-12-15-42-23)20-38-13-10-22(11-14-38)31-24-6-4-5-7-28(24)43-34(2,44-31)25-9-8-21(18-36)16-26(25)35/h4-9,16-17,22-23,31H,3,10-15,19-20H2,1-2H3/t23-,31?,34+/m0/s1. The van der Waals surface area contributed by atoms with Gasteiger partial charge in [0.15, 0.2) is 0 Å². The van der Waals surface area contributed by atoms with Gasteiger partial charge in [-0.2, -0.15) is 5.26 Å². The maximum Gasteiger partial charge on any atom is 0.348 e. The van der Waals surface area contributed by atoms with E-state index in [0.29, 0.717) is 30.3 Å². The zero-order valence-electron chi connectivity index (χ0n) is 25.3. The zero-order chi connectivity index (χ0) is 31.1. The van der Waals surface area contributed by atoms with Crippen molar-refractivity contribution in [2.45, 2.75) is 64.2 Å². The Morgan fingerprint density at radius 1 is 1.20 bits per heavy atom. The molecular weight excluding hydrogens is 595 g/mol. The van der Waals surface area contributed by atoms with E-state index >= 15 is 4.39 Å². The molecular formula is C34H35FN4O5S. The first-order chi connectivity index (χ1) is 21.8. The monoisotopic (exact) mass is 630 g/mol. The molecule has 0 saturated carbocycles. The van der Waals surface area contributed by atoms with Gasteiger partial charge in [0.25, 0.3) is 0 Å². The molecule has 0 radical (unpaired) electrons. The van der Waals surface area contributed by atoms with E-state index in [1.807, 2.05) is 36.4 Å². The normalized spacial score (nSPS) is 23.6. The van der Waals surface area contributed by atoms with E-state index in [2.05, 4.69) is 9.47 Å². The Labute approximate surface area is 265 Å². The minimum atomic E-state index is -1.34. The van der Waals surface area contributed by atoms with Gasteiger partial charge in [-0.1, -0.05) is 18.2 Å². The second kappa shape index (κ2) is 12.2. The number of imidazole rings is 1. The Morgan fingerprint density at radius 2 is 2.00 bits per heavy atom. The summed E-state index contributed by atoms with van der Waals surface area (Å²) in [6.07, 6.45) is 2.66. The molecule has 2 saturated heterocycles. The molecule has 0 spiro atoms. The molecule has 0 bridgehead atoms. The number of piperidine rings is 1. The number of halogens is 1. The van der Waals surface area contributed by atoms with E-state index < -0.39 is 11.6 Å². The molecule has 11 heteroatoms. The third-order valence-corrected chi connectivity index (χ3v) is 10.1. The average molecular weight is 631 g/mol. The number of para-hydroxylation sites is 1. The number of likely N-dealkylation sites (tertiary alicyclic amines) is 1. The minimum absolute atomic E-state index is 0.152. The van der Waals surface area contributed by atoms with Crippen molar-refractivity contribution in [2.24, 2.45) is 5.92 Å². The first-order valence-corrected chi connectivity index (χ1v) is 16.3. The number of fused-ring (bicyclic) bond motifs is 2. The minimum Gasteiger partial charge on any atom is -0.462 e. The van der Waals surface area contributed by atoms with Crippen LogP contribution in [0.4, 0.5) is 4.39 Å². The van der Waals surface area contributed by atoms with Crippen molar-refractivity contribution in [3.63, 3.8) is 0 Å². The predicted molar refractivity (Wildman–Crippen MR) is 165 cm³/mol. The smallest absolute Gasteiger partial charge is 0.348 e. The van der Waals surface area contributed by atoms with Gasteiger partial charge in [-0.25, -0.2) is 14.2 Å². The lowest BCUT2D eigenvalue weighted by Gasteiger charge is -2.44. The number of rotatable bonds is 8. The maximum absolute atomic E-state index is 15.2. The van der Waals surface area contributed by atoms with E-state index in [0.717, 1.165) is 60.7 Å². The Kier molecular flexibility index (Phi) is 8.08. The number of hydrogen-bond donors (Lipinski definition) is 0. The number of ether oxygens (including phenoxy) is 4. The topological polar surface area (TPSA) is 98.8 Å². The average Bonchev–Trinajstić information content (AvgIpc) is 3.57. The van der Waals surface area contributed by atoms with Crippen molar-refractivity contribution in [1.29, 1.82) is 5.26 Å².